The molecule has 3 aromatic rings. The molecule has 0 bridgehead atoms. The normalized spacial score (nSPS) is 11.0. The molecule has 0 radical (unpaired) electrons. The summed E-state index contributed by atoms with van der Waals surface area (Å²) in [5, 5.41) is 0. The average Bonchev–Trinajstić information content (AvgIpc) is 2.84. The van der Waals surface area contributed by atoms with Crippen LogP contribution in [0, 0.1) is 5.82 Å². The van der Waals surface area contributed by atoms with Crippen LogP contribution in [0.3, 0.4) is 0 Å². The third kappa shape index (κ3) is 5.23. The van der Waals surface area contributed by atoms with E-state index in [1.165, 1.54) is 56.6 Å². The number of rotatable bonds is 9. The van der Waals surface area contributed by atoms with E-state index in [0.29, 0.717) is 5.75 Å². The summed E-state index contributed by atoms with van der Waals surface area (Å²) < 4.78 is 58.3. The van der Waals surface area contributed by atoms with Gasteiger partial charge in [0.2, 0.25) is 0 Å². The van der Waals surface area contributed by atoms with Crippen LogP contribution in [0.1, 0.15) is 15.9 Å². The van der Waals surface area contributed by atoms with Crippen LogP contribution in [0.25, 0.3) is 0 Å². The van der Waals surface area contributed by atoms with E-state index >= 15 is 0 Å². The maximum atomic E-state index is 14.0. The van der Waals surface area contributed by atoms with E-state index in [-0.39, 0.29) is 34.2 Å². The SMILES string of the molecule is COc1ccccc1CN(C)C(=O)c1cc(S(=O)(=O)Nc2ccccc2F)cc(OC)c1OC. The van der Waals surface area contributed by atoms with Crippen molar-refractivity contribution in [3.63, 3.8) is 0 Å². The highest BCUT2D eigenvalue weighted by atomic mass is 32.2. The number of ether oxygens (including phenoxy) is 3. The second-order valence-electron chi connectivity index (χ2n) is 7.26. The molecule has 1 N–H and O–H groups in total. The van der Waals surface area contributed by atoms with Crippen molar-refractivity contribution in [1.29, 1.82) is 0 Å². The monoisotopic (exact) mass is 488 g/mol. The van der Waals surface area contributed by atoms with Gasteiger partial charge in [0.25, 0.3) is 15.9 Å². The quantitative estimate of drug-likeness (QED) is 0.491. The van der Waals surface area contributed by atoms with Gasteiger partial charge in [-0.1, -0.05) is 30.3 Å². The number of carbonyl (C=O) groups excluding carboxylic acids is 1. The summed E-state index contributed by atoms with van der Waals surface area (Å²) in [7, 11) is 1.51. The molecule has 0 aliphatic carbocycles. The van der Waals surface area contributed by atoms with Crippen LogP contribution in [0.15, 0.2) is 65.6 Å². The first-order valence-electron chi connectivity index (χ1n) is 10.1. The highest BCUT2D eigenvalue weighted by Crippen LogP contribution is 2.36. The first kappa shape index (κ1) is 24.8. The third-order valence-corrected chi connectivity index (χ3v) is 6.40. The number of hydrogen-bond donors (Lipinski definition) is 1. The Morgan fingerprint density at radius 3 is 2.24 bits per heavy atom. The van der Waals surface area contributed by atoms with E-state index in [1.54, 1.807) is 13.1 Å². The highest BCUT2D eigenvalue weighted by Gasteiger charge is 2.26. The van der Waals surface area contributed by atoms with E-state index in [4.69, 9.17) is 14.2 Å². The molecule has 0 atom stereocenters. The number of sulfonamides is 1. The lowest BCUT2D eigenvalue weighted by Gasteiger charge is -2.21. The second kappa shape index (κ2) is 10.4. The van der Waals surface area contributed by atoms with E-state index in [2.05, 4.69) is 4.72 Å². The maximum absolute atomic E-state index is 14.0. The lowest BCUT2D eigenvalue weighted by Crippen LogP contribution is -2.27. The third-order valence-electron chi connectivity index (χ3n) is 5.06. The largest absolute Gasteiger partial charge is 0.496 e. The van der Waals surface area contributed by atoms with Crippen molar-refractivity contribution in [2.45, 2.75) is 11.4 Å². The van der Waals surface area contributed by atoms with E-state index in [9.17, 15) is 17.6 Å². The van der Waals surface area contributed by atoms with Crippen LogP contribution in [0.2, 0.25) is 0 Å². The van der Waals surface area contributed by atoms with Crippen LogP contribution in [-0.2, 0) is 16.6 Å². The standard InChI is InChI=1S/C24H25FN2O6S/c1-27(15-16-9-5-8-12-21(16)31-2)24(28)18-13-17(14-22(32-3)23(18)33-4)34(29,30)26-20-11-7-6-10-19(20)25/h5-14,26H,15H2,1-4H3. The average molecular weight is 489 g/mol. The van der Waals surface area contributed by atoms with E-state index < -0.39 is 21.7 Å². The van der Waals surface area contributed by atoms with Crippen LogP contribution in [0.4, 0.5) is 10.1 Å². The highest BCUT2D eigenvalue weighted by molar-refractivity contribution is 7.92. The van der Waals surface area contributed by atoms with Crippen LogP contribution >= 0.6 is 0 Å². The van der Waals surface area contributed by atoms with Crippen molar-refractivity contribution in [2.24, 2.45) is 0 Å². The fourth-order valence-corrected chi connectivity index (χ4v) is 4.48. The van der Waals surface area contributed by atoms with Gasteiger partial charge in [0.05, 0.1) is 37.5 Å². The number of amides is 1. The van der Waals surface area contributed by atoms with Crippen LogP contribution < -0.4 is 18.9 Å². The molecule has 34 heavy (non-hydrogen) atoms. The summed E-state index contributed by atoms with van der Waals surface area (Å²) in [5.74, 6) is -0.530. The first-order chi connectivity index (χ1) is 16.2. The maximum Gasteiger partial charge on any atom is 0.262 e. The zero-order chi connectivity index (χ0) is 24.9. The minimum absolute atomic E-state index is 0.0341. The number of halogens is 1. The molecule has 0 aromatic heterocycles. The molecule has 0 heterocycles. The van der Waals surface area contributed by atoms with Crippen molar-refractivity contribution in [3.05, 3.63) is 77.6 Å². The number of benzene rings is 3. The molecule has 0 aliphatic heterocycles. The van der Waals surface area contributed by atoms with E-state index in [0.717, 1.165) is 11.6 Å². The number of carbonyl (C=O) groups is 1. The van der Waals surface area contributed by atoms with Gasteiger partial charge in [0.1, 0.15) is 11.6 Å². The molecular weight excluding hydrogens is 463 g/mol. The van der Waals surface area contributed by atoms with Crippen molar-refractivity contribution in [2.75, 3.05) is 33.1 Å². The molecular formula is C24H25FN2O6S. The molecule has 0 saturated heterocycles. The number of nitrogens with one attached hydrogen (secondary N) is 1. The Kier molecular flexibility index (Phi) is 7.62. The second-order valence-corrected chi connectivity index (χ2v) is 8.95. The summed E-state index contributed by atoms with van der Waals surface area (Å²) >= 11 is 0. The van der Waals surface area contributed by atoms with E-state index in [1.807, 2.05) is 18.2 Å². The summed E-state index contributed by atoms with van der Waals surface area (Å²) in [6.07, 6.45) is 0. The van der Waals surface area contributed by atoms with Gasteiger partial charge in [0, 0.05) is 25.2 Å². The molecule has 0 saturated carbocycles. The Balaban J connectivity index is 2.02. The zero-order valence-corrected chi connectivity index (χ0v) is 20.0. The molecule has 0 fully saturated rings. The van der Waals surface area contributed by atoms with Crippen LogP contribution in [0.5, 0.6) is 17.2 Å². The summed E-state index contributed by atoms with van der Waals surface area (Å²) in [6, 6.07) is 15.0. The number of nitrogens with zero attached hydrogens (tertiary/aromatic N) is 1. The smallest absolute Gasteiger partial charge is 0.262 e. The Hall–Kier alpha value is -3.79. The fraction of sp³-hybridized carbons (Fsp3) is 0.208. The Morgan fingerprint density at radius 1 is 0.941 bits per heavy atom. The summed E-state index contributed by atoms with van der Waals surface area (Å²) in [5.41, 5.74) is 0.503. The van der Waals surface area contributed by atoms with Gasteiger partial charge in [-0.15, -0.1) is 0 Å². The predicted molar refractivity (Wildman–Crippen MR) is 126 cm³/mol. The van der Waals surface area contributed by atoms with Gasteiger partial charge in [-0.25, -0.2) is 12.8 Å². The summed E-state index contributed by atoms with van der Waals surface area (Å²) in [4.78, 5) is 14.5. The van der Waals surface area contributed by atoms with Crippen LogP contribution in [-0.4, -0.2) is 47.6 Å². The van der Waals surface area contributed by atoms with Gasteiger partial charge in [-0.2, -0.15) is 0 Å². The fourth-order valence-electron chi connectivity index (χ4n) is 3.37. The molecule has 8 nitrogen and oxygen atoms in total. The van der Waals surface area contributed by atoms with Crippen molar-refractivity contribution in [1.82, 2.24) is 4.90 Å². The minimum atomic E-state index is -4.26. The molecule has 180 valence electrons. The molecule has 0 unspecified atom stereocenters. The number of para-hydroxylation sites is 2. The molecule has 3 rings (SSSR count). The molecule has 3 aromatic carbocycles. The Bertz CT molecular complexity index is 1300. The summed E-state index contributed by atoms with van der Waals surface area (Å²) in [6.45, 7) is 0.193. The molecule has 1 amide bonds. The zero-order valence-electron chi connectivity index (χ0n) is 19.2. The molecule has 0 aliphatic rings. The number of hydrogen-bond acceptors (Lipinski definition) is 6. The Labute approximate surface area is 197 Å². The minimum Gasteiger partial charge on any atom is -0.496 e. The number of anilines is 1. The number of methoxy groups -OCH3 is 3. The van der Waals surface area contributed by atoms with Gasteiger partial charge in [-0.05, 0) is 24.3 Å². The Morgan fingerprint density at radius 2 is 1.59 bits per heavy atom. The molecule has 10 heteroatoms. The molecule has 0 spiro atoms. The van der Waals surface area contributed by atoms with Crippen molar-refractivity contribution < 1.29 is 31.8 Å². The first-order valence-corrected chi connectivity index (χ1v) is 11.6. The van der Waals surface area contributed by atoms with Gasteiger partial charge < -0.3 is 19.1 Å². The van der Waals surface area contributed by atoms with Gasteiger partial charge >= 0.3 is 0 Å². The topological polar surface area (TPSA) is 94.2 Å². The van der Waals surface area contributed by atoms with Crippen molar-refractivity contribution >= 4 is 21.6 Å². The van der Waals surface area contributed by atoms with Gasteiger partial charge in [-0.3, -0.25) is 9.52 Å². The lowest BCUT2D eigenvalue weighted by atomic mass is 10.1. The van der Waals surface area contributed by atoms with Crippen molar-refractivity contribution in [3.8, 4) is 17.2 Å². The lowest BCUT2D eigenvalue weighted by molar-refractivity contribution is 0.0780. The predicted octanol–water partition coefficient (Wildman–Crippen LogP) is 3.92. The van der Waals surface area contributed by atoms with Gasteiger partial charge in [0.15, 0.2) is 11.5 Å².